The molecule has 0 radical (unpaired) electrons. The summed E-state index contributed by atoms with van der Waals surface area (Å²) in [5, 5.41) is 4.25. The van der Waals surface area contributed by atoms with Gasteiger partial charge in [0.05, 0.1) is 26.9 Å². The molecule has 2 rings (SSSR count). The van der Waals surface area contributed by atoms with Gasteiger partial charge >= 0.3 is 0 Å². The molecule has 0 spiro atoms. The van der Waals surface area contributed by atoms with Crippen molar-refractivity contribution < 1.29 is 14.2 Å². The third-order valence-electron chi connectivity index (χ3n) is 3.51. The fraction of sp³-hybridized carbons (Fsp3) is 0.600. The topological polar surface area (TPSA) is 39.7 Å². The molecule has 1 saturated heterocycles. The highest BCUT2D eigenvalue weighted by Gasteiger charge is 2.17. The second kappa shape index (κ2) is 7.64. The average Bonchev–Trinajstić information content (AvgIpc) is 3.00. The van der Waals surface area contributed by atoms with Crippen LogP contribution in [0.3, 0.4) is 0 Å². The number of rotatable bonds is 7. The Labute approximate surface area is 125 Å². The van der Waals surface area contributed by atoms with Crippen LogP contribution in [-0.4, -0.2) is 38.9 Å². The molecule has 1 atom stereocenters. The molecule has 1 fully saturated rings. The molecule has 1 unspecified atom stereocenters. The first-order valence-corrected chi connectivity index (χ1v) is 7.94. The molecule has 112 valence electrons. The number of hydrogen-bond acceptors (Lipinski definition) is 5. The van der Waals surface area contributed by atoms with Gasteiger partial charge in [-0.05, 0) is 18.6 Å². The first-order valence-electron chi connectivity index (χ1n) is 6.89. The van der Waals surface area contributed by atoms with E-state index in [2.05, 4.69) is 17.1 Å². The molecule has 4 nitrogen and oxygen atoms in total. The second-order valence-electron chi connectivity index (χ2n) is 4.78. The minimum atomic E-state index is 0.741. The van der Waals surface area contributed by atoms with Crippen molar-refractivity contribution in [2.75, 3.05) is 33.6 Å². The van der Waals surface area contributed by atoms with Gasteiger partial charge in [-0.2, -0.15) is 11.8 Å². The van der Waals surface area contributed by atoms with Crippen LogP contribution in [0, 0.1) is 0 Å². The lowest BCUT2D eigenvalue weighted by atomic mass is 10.1. The van der Waals surface area contributed by atoms with Crippen molar-refractivity contribution in [3.05, 3.63) is 17.7 Å². The highest BCUT2D eigenvalue weighted by Crippen LogP contribution is 2.34. The predicted molar refractivity (Wildman–Crippen MR) is 83.3 cm³/mol. The summed E-state index contributed by atoms with van der Waals surface area (Å²) in [6.07, 6.45) is 2.65. The van der Waals surface area contributed by atoms with Crippen LogP contribution in [0.25, 0.3) is 0 Å². The first-order chi connectivity index (χ1) is 9.78. The Kier molecular flexibility index (Phi) is 5.86. The smallest absolute Gasteiger partial charge is 0.130 e. The maximum Gasteiger partial charge on any atom is 0.130 e. The van der Waals surface area contributed by atoms with Crippen LogP contribution in [0.1, 0.15) is 18.4 Å². The maximum atomic E-state index is 5.45. The standard InChI is InChI=1S/C15H23NO3S/c1-17-11-7-14(18-2)13(15(8-11)19-3)10-16-9-12-5-4-6-20-12/h7-8,12,16H,4-6,9-10H2,1-3H3. The van der Waals surface area contributed by atoms with Gasteiger partial charge in [-0.1, -0.05) is 0 Å². The molecule has 0 aliphatic carbocycles. The van der Waals surface area contributed by atoms with Crippen LogP contribution in [-0.2, 0) is 6.54 Å². The molecule has 0 bridgehead atoms. The number of hydrogen-bond donors (Lipinski definition) is 1. The first kappa shape index (κ1) is 15.3. The molecule has 20 heavy (non-hydrogen) atoms. The fourth-order valence-corrected chi connectivity index (χ4v) is 3.65. The lowest BCUT2D eigenvalue weighted by Gasteiger charge is -2.16. The van der Waals surface area contributed by atoms with E-state index in [1.54, 1.807) is 21.3 Å². The Morgan fingerprint density at radius 3 is 2.35 bits per heavy atom. The average molecular weight is 297 g/mol. The monoisotopic (exact) mass is 297 g/mol. The second-order valence-corrected chi connectivity index (χ2v) is 6.18. The minimum absolute atomic E-state index is 0.741. The number of benzene rings is 1. The van der Waals surface area contributed by atoms with Gasteiger partial charge in [-0.15, -0.1) is 0 Å². The van der Waals surface area contributed by atoms with E-state index in [1.165, 1.54) is 18.6 Å². The van der Waals surface area contributed by atoms with Crippen LogP contribution in [0.4, 0.5) is 0 Å². The zero-order chi connectivity index (χ0) is 14.4. The third-order valence-corrected chi connectivity index (χ3v) is 4.91. The SMILES string of the molecule is COc1cc(OC)c(CNCC2CCCS2)c(OC)c1. The summed E-state index contributed by atoms with van der Waals surface area (Å²) in [5.41, 5.74) is 1.04. The summed E-state index contributed by atoms with van der Waals surface area (Å²) in [7, 11) is 4.98. The van der Waals surface area contributed by atoms with Gasteiger partial charge in [-0.25, -0.2) is 0 Å². The van der Waals surface area contributed by atoms with Crippen molar-refractivity contribution in [1.82, 2.24) is 5.32 Å². The molecule has 0 saturated carbocycles. The number of nitrogens with one attached hydrogen (secondary N) is 1. The molecule has 0 amide bonds. The molecule has 0 aromatic heterocycles. The molecule has 1 aromatic rings. The summed E-state index contributed by atoms with van der Waals surface area (Å²) >= 11 is 2.06. The van der Waals surface area contributed by atoms with Gasteiger partial charge in [0.15, 0.2) is 0 Å². The van der Waals surface area contributed by atoms with E-state index in [-0.39, 0.29) is 0 Å². The minimum Gasteiger partial charge on any atom is -0.496 e. The van der Waals surface area contributed by atoms with Crippen molar-refractivity contribution in [3.63, 3.8) is 0 Å². The van der Waals surface area contributed by atoms with Gasteiger partial charge in [0, 0.05) is 30.5 Å². The number of thioether (sulfide) groups is 1. The van der Waals surface area contributed by atoms with E-state index in [0.29, 0.717) is 0 Å². The van der Waals surface area contributed by atoms with Crippen molar-refractivity contribution >= 4 is 11.8 Å². The number of ether oxygens (including phenoxy) is 3. The molecule has 1 aliphatic heterocycles. The van der Waals surface area contributed by atoms with Crippen LogP contribution in [0.2, 0.25) is 0 Å². The van der Waals surface area contributed by atoms with E-state index in [0.717, 1.165) is 41.2 Å². The van der Waals surface area contributed by atoms with E-state index in [9.17, 15) is 0 Å². The summed E-state index contributed by atoms with van der Waals surface area (Å²) in [6.45, 7) is 1.77. The van der Waals surface area contributed by atoms with Crippen molar-refractivity contribution in [2.24, 2.45) is 0 Å². The summed E-state index contributed by atoms with van der Waals surface area (Å²) in [5.74, 6) is 3.64. The molecule has 1 aliphatic rings. The van der Waals surface area contributed by atoms with Gasteiger partial charge < -0.3 is 19.5 Å². The fourth-order valence-electron chi connectivity index (χ4n) is 2.42. The van der Waals surface area contributed by atoms with Crippen LogP contribution < -0.4 is 19.5 Å². The molecule has 1 N–H and O–H groups in total. The third kappa shape index (κ3) is 3.73. The summed E-state index contributed by atoms with van der Waals surface area (Å²) in [4.78, 5) is 0. The quantitative estimate of drug-likeness (QED) is 0.838. The van der Waals surface area contributed by atoms with E-state index >= 15 is 0 Å². The lowest BCUT2D eigenvalue weighted by molar-refractivity contribution is 0.366. The Hall–Kier alpha value is -1.07. The maximum absolute atomic E-state index is 5.45. The Bertz CT molecular complexity index is 408. The zero-order valence-corrected chi connectivity index (χ0v) is 13.2. The largest absolute Gasteiger partial charge is 0.496 e. The Morgan fingerprint density at radius 2 is 1.85 bits per heavy atom. The van der Waals surface area contributed by atoms with Crippen molar-refractivity contribution in [2.45, 2.75) is 24.6 Å². The summed E-state index contributed by atoms with van der Waals surface area (Å²) in [6, 6.07) is 3.79. The van der Waals surface area contributed by atoms with E-state index in [4.69, 9.17) is 14.2 Å². The molecular weight excluding hydrogens is 274 g/mol. The Balaban J connectivity index is 2.04. The van der Waals surface area contributed by atoms with Gasteiger partial charge in [-0.3, -0.25) is 0 Å². The van der Waals surface area contributed by atoms with Gasteiger partial charge in [0.25, 0.3) is 0 Å². The summed E-state index contributed by atoms with van der Waals surface area (Å²) < 4.78 is 16.2. The number of methoxy groups -OCH3 is 3. The zero-order valence-electron chi connectivity index (χ0n) is 12.4. The highest BCUT2D eigenvalue weighted by molar-refractivity contribution is 8.00. The molecule has 1 aromatic carbocycles. The normalized spacial score (nSPS) is 18.1. The van der Waals surface area contributed by atoms with E-state index < -0.39 is 0 Å². The van der Waals surface area contributed by atoms with Crippen molar-refractivity contribution in [1.29, 1.82) is 0 Å². The molecule has 1 heterocycles. The van der Waals surface area contributed by atoms with Crippen LogP contribution in [0.15, 0.2) is 12.1 Å². The Morgan fingerprint density at radius 1 is 1.15 bits per heavy atom. The van der Waals surface area contributed by atoms with E-state index in [1.807, 2.05) is 12.1 Å². The van der Waals surface area contributed by atoms with Crippen molar-refractivity contribution in [3.8, 4) is 17.2 Å². The van der Waals surface area contributed by atoms with Crippen LogP contribution >= 0.6 is 11.8 Å². The highest BCUT2D eigenvalue weighted by atomic mass is 32.2. The molecule has 5 heteroatoms. The lowest BCUT2D eigenvalue weighted by Crippen LogP contribution is -2.23. The van der Waals surface area contributed by atoms with Gasteiger partial charge in [0.1, 0.15) is 17.2 Å². The van der Waals surface area contributed by atoms with Crippen LogP contribution in [0.5, 0.6) is 17.2 Å². The molecular formula is C15H23NO3S. The predicted octanol–water partition coefficient (Wildman–Crippen LogP) is 2.70. The van der Waals surface area contributed by atoms with Gasteiger partial charge in [0.2, 0.25) is 0 Å².